The van der Waals surface area contributed by atoms with E-state index in [-0.39, 0.29) is 0 Å². The van der Waals surface area contributed by atoms with Crippen molar-refractivity contribution in [1.82, 2.24) is 0 Å². The molecule has 0 saturated carbocycles. The molecule has 1 aliphatic rings. The van der Waals surface area contributed by atoms with Crippen molar-refractivity contribution in [2.45, 2.75) is 19.3 Å². The standard InChI is InChI=1S/C19H16S/c1-13-6-5-9-16-17-12-15(14-7-3-2-4-8-14)10-11-18(17)20-19(13)16/h2-4,7-8,10-12H,1,5-6,9H2. The summed E-state index contributed by atoms with van der Waals surface area (Å²) in [4.78, 5) is 1.44. The van der Waals surface area contributed by atoms with Crippen LogP contribution in [0.15, 0.2) is 55.1 Å². The van der Waals surface area contributed by atoms with Gasteiger partial charge in [-0.2, -0.15) is 0 Å². The monoisotopic (exact) mass is 276 g/mol. The first kappa shape index (κ1) is 11.9. The van der Waals surface area contributed by atoms with E-state index in [1.54, 1.807) is 0 Å². The molecule has 0 nitrogen and oxygen atoms in total. The lowest BCUT2D eigenvalue weighted by Gasteiger charge is -2.13. The zero-order chi connectivity index (χ0) is 13.5. The Kier molecular flexibility index (Phi) is 2.75. The van der Waals surface area contributed by atoms with Crippen molar-refractivity contribution in [3.63, 3.8) is 0 Å². The lowest BCUT2D eigenvalue weighted by molar-refractivity contribution is 0.836. The number of aryl methyl sites for hydroxylation is 1. The molecule has 4 rings (SSSR count). The maximum absolute atomic E-state index is 4.24. The summed E-state index contributed by atoms with van der Waals surface area (Å²) >= 11 is 1.91. The van der Waals surface area contributed by atoms with Gasteiger partial charge >= 0.3 is 0 Å². The van der Waals surface area contributed by atoms with Crippen molar-refractivity contribution in [1.29, 1.82) is 0 Å². The number of thiophene rings is 1. The Hall–Kier alpha value is -1.86. The van der Waals surface area contributed by atoms with Gasteiger partial charge in [0.1, 0.15) is 0 Å². The predicted molar refractivity (Wildman–Crippen MR) is 89.2 cm³/mol. The van der Waals surface area contributed by atoms with Crippen LogP contribution in [0, 0.1) is 0 Å². The number of hydrogen-bond acceptors (Lipinski definition) is 1. The third-order valence-corrected chi connectivity index (χ3v) is 5.44. The highest BCUT2D eigenvalue weighted by Gasteiger charge is 2.18. The van der Waals surface area contributed by atoms with E-state index in [1.165, 1.54) is 50.1 Å². The van der Waals surface area contributed by atoms with Gasteiger partial charge in [0.05, 0.1) is 0 Å². The molecule has 0 bridgehead atoms. The van der Waals surface area contributed by atoms with Crippen LogP contribution in [0.3, 0.4) is 0 Å². The third kappa shape index (κ3) is 1.82. The van der Waals surface area contributed by atoms with Crippen molar-refractivity contribution in [3.8, 4) is 11.1 Å². The van der Waals surface area contributed by atoms with E-state index in [9.17, 15) is 0 Å². The summed E-state index contributed by atoms with van der Waals surface area (Å²) in [6, 6.07) is 17.5. The number of allylic oxidation sites excluding steroid dienone is 1. The smallest absolute Gasteiger partial charge is 0.0352 e. The lowest BCUT2D eigenvalue weighted by atomic mass is 9.92. The van der Waals surface area contributed by atoms with Gasteiger partial charge in [-0.15, -0.1) is 11.3 Å². The highest BCUT2D eigenvalue weighted by Crippen LogP contribution is 2.42. The molecule has 0 aliphatic heterocycles. The molecule has 0 unspecified atom stereocenters. The number of benzene rings is 2. The fraction of sp³-hybridized carbons (Fsp3) is 0.158. The van der Waals surface area contributed by atoms with E-state index >= 15 is 0 Å². The van der Waals surface area contributed by atoms with Crippen LogP contribution in [0.25, 0.3) is 26.8 Å². The number of hydrogen-bond donors (Lipinski definition) is 0. The van der Waals surface area contributed by atoms with Crippen LogP contribution in [-0.4, -0.2) is 0 Å². The van der Waals surface area contributed by atoms with Crippen LogP contribution in [0.1, 0.15) is 23.3 Å². The third-order valence-electron chi connectivity index (χ3n) is 4.12. The predicted octanol–water partition coefficient (Wildman–Crippen LogP) is 5.92. The second kappa shape index (κ2) is 4.60. The Labute approximate surface area is 123 Å². The Balaban J connectivity index is 1.93. The van der Waals surface area contributed by atoms with Crippen molar-refractivity contribution < 1.29 is 0 Å². The van der Waals surface area contributed by atoms with Gasteiger partial charge < -0.3 is 0 Å². The Bertz CT molecular complexity index is 793. The largest absolute Gasteiger partial charge is 0.135 e. The molecule has 1 aliphatic carbocycles. The van der Waals surface area contributed by atoms with Gasteiger partial charge in [0.2, 0.25) is 0 Å². The second-order valence-corrected chi connectivity index (χ2v) is 6.50. The molecule has 0 radical (unpaired) electrons. The average Bonchev–Trinajstić information content (AvgIpc) is 2.88. The van der Waals surface area contributed by atoms with Gasteiger partial charge in [-0.3, -0.25) is 0 Å². The first-order valence-electron chi connectivity index (χ1n) is 7.12. The van der Waals surface area contributed by atoms with Gasteiger partial charge in [0.25, 0.3) is 0 Å². The Morgan fingerprint density at radius 2 is 1.75 bits per heavy atom. The van der Waals surface area contributed by atoms with Crippen LogP contribution in [0.4, 0.5) is 0 Å². The summed E-state index contributed by atoms with van der Waals surface area (Å²) < 4.78 is 1.40. The molecule has 0 spiro atoms. The molecular weight excluding hydrogens is 260 g/mol. The van der Waals surface area contributed by atoms with Gasteiger partial charge in [-0.05, 0) is 59.0 Å². The van der Waals surface area contributed by atoms with E-state index in [1.807, 2.05) is 11.3 Å². The topological polar surface area (TPSA) is 0 Å². The summed E-state index contributed by atoms with van der Waals surface area (Å²) in [7, 11) is 0. The molecule has 0 atom stereocenters. The first-order valence-corrected chi connectivity index (χ1v) is 7.93. The molecule has 98 valence electrons. The Morgan fingerprint density at radius 1 is 0.900 bits per heavy atom. The molecule has 0 amide bonds. The lowest BCUT2D eigenvalue weighted by Crippen LogP contribution is -1.96. The van der Waals surface area contributed by atoms with Crippen LogP contribution in [0.5, 0.6) is 0 Å². The molecular formula is C19H16S. The van der Waals surface area contributed by atoms with Crippen molar-refractivity contribution in [3.05, 3.63) is 65.6 Å². The van der Waals surface area contributed by atoms with Crippen LogP contribution >= 0.6 is 11.3 Å². The zero-order valence-corrected chi connectivity index (χ0v) is 12.2. The summed E-state index contributed by atoms with van der Waals surface area (Å²) in [5, 5.41) is 1.44. The minimum absolute atomic E-state index is 1.16. The summed E-state index contributed by atoms with van der Waals surface area (Å²) in [5.41, 5.74) is 5.46. The molecule has 1 aromatic heterocycles. The van der Waals surface area contributed by atoms with Gasteiger partial charge in [-0.25, -0.2) is 0 Å². The minimum atomic E-state index is 1.16. The molecule has 1 heteroatoms. The van der Waals surface area contributed by atoms with Gasteiger partial charge in [-0.1, -0.05) is 43.0 Å². The van der Waals surface area contributed by atoms with E-state index in [2.05, 4.69) is 55.1 Å². The van der Waals surface area contributed by atoms with Crippen LogP contribution in [0.2, 0.25) is 0 Å². The van der Waals surface area contributed by atoms with E-state index in [0.29, 0.717) is 0 Å². The summed E-state index contributed by atoms with van der Waals surface area (Å²) in [5.74, 6) is 0. The van der Waals surface area contributed by atoms with Gasteiger partial charge in [0, 0.05) is 9.58 Å². The van der Waals surface area contributed by atoms with E-state index in [0.717, 1.165) is 6.42 Å². The maximum atomic E-state index is 4.24. The number of rotatable bonds is 1. The van der Waals surface area contributed by atoms with Crippen molar-refractivity contribution >= 4 is 27.0 Å². The minimum Gasteiger partial charge on any atom is -0.135 e. The quantitative estimate of drug-likeness (QED) is 0.517. The SMILES string of the molecule is C=C1CCCc2c1sc1ccc(-c3ccccc3)cc21. The summed E-state index contributed by atoms with van der Waals surface area (Å²) in [6.45, 7) is 4.24. The maximum Gasteiger partial charge on any atom is 0.0352 e. The zero-order valence-electron chi connectivity index (χ0n) is 11.4. The highest BCUT2D eigenvalue weighted by atomic mass is 32.1. The molecule has 2 aromatic carbocycles. The fourth-order valence-electron chi connectivity index (χ4n) is 3.08. The molecule has 20 heavy (non-hydrogen) atoms. The molecule has 1 heterocycles. The molecule has 0 N–H and O–H groups in total. The van der Waals surface area contributed by atoms with Crippen molar-refractivity contribution in [2.24, 2.45) is 0 Å². The van der Waals surface area contributed by atoms with Gasteiger partial charge in [0.15, 0.2) is 0 Å². The van der Waals surface area contributed by atoms with Crippen molar-refractivity contribution in [2.75, 3.05) is 0 Å². The fourth-order valence-corrected chi connectivity index (χ4v) is 4.31. The normalized spacial score (nSPS) is 14.5. The summed E-state index contributed by atoms with van der Waals surface area (Å²) in [6.07, 6.45) is 3.60. The number of fused-ring (bicyclic) bond motifs is 3. The first-order chi connectivity index (χ1) is 9.83. The highest BCUT2D eigenvalue weighted by molar-refractivity contribution is 7.20. The Morgan fingerprint density at radius 3 is 2.60 bits per heavy atom. The second-order valence-electron chi connectivity index (χ2n) is 5.44. The van der Waals surface area contributed by atoms with E-state index < -0.39 is 0 Å². The van der Waals surface area contributed by atoms with Crippen LogP contribution in [-0.2, 0) is 6.42 Å². The average molecular weight is 276 g/mol. The van der Waals surface area contributed by atoms with E-state index in [4.69, 9.17) is 0 Å². The molecule has 3 aromatic rings. The molecule has 0 saturated heterocycles. The van der Waals surface area contributed by atoms with Crippen LogP contribution < -0.4 is 0 Å². The molecule has 0 fully saturated rings.